The molecule has 0 heterocycles. The molecule has 0 aliphatic heterocycles. The molecular weight excluding hydrogens is 424 g/mol. The number of carbonyl (C=O) groups is 4. The summed E-state index contributed by atoms with van der Waals surface area (Å²) in [5.41, 5.74) is 0.284. The molecule has 1 aliphatic rings. The molecule has 3 rings (SSSR count). The molecule has 2 unspecified atom stereocenters. The summed E-state index contributed by atoms with van der Waals surface area (Å²) in [5.74, 6) is -1.35. The molecule has 33 heavy (non-hydrogen) atoms. The van der Waals surface area contributed by atoms with Gasteiger partial charge in [-0.3, -0.25) is 14.4 Å². The number of carboxylic acids is 1. The van der Waals surface area contributed by atoms with Crippen molar-refractivity contribution in [2.75, 3.05) is 0 Å². The van der Waals surface area contributed by atoms with Crippen LogP contribution in [0.15, 0.2) is 36.4 Å². The summed E-state index contributed by atoms with van der Waals surface area (Å²) < 4.78 is 11.2. The summed E-state index contributed by atoms with van der Waals surface area (Å²) in [6.07, 6.45) is -0.413. The van der Waals surface area contributed by atoms with E-state index in [0.717, 1.165) is 0 Å². The second-order valence-electron chi connectivity index (χ2n) is 8.56. The van der Waals surface area contributed by atoms with Gasteiger partial charge in [-0.1, -0.05) is 20.8 Å². The van der Waals surface area contributed by atoms with Crippen molar-refractivity contribution in [1.29, 1.82) is 0 Å². The maximum absolute atomic E-state index is 13.1. The molecule has 7 nitrogen and oxygen atoms in total. The average Bonchev–Trinajstić information content (AvgIpc) is 2.81. The fourth-order valence-corrected chi connectivity index (χ4v) is 3.86. The van der Waals surface area contributed by atoms with E-state index in [-0.39, 0.29) is 45.4 Å². The largest absolute Gasteiger partial charge is 0.483 e. The highest BCUT2D eigenvalue weighted by molar-refractivity contribution is 6.28. The number of Topliss-reactive ketones (excluding diaryl/α,β-unsaturated/α-hetero) is 1. The molecule has 2 aromatic rings. The smallest absolute Gasteiger partial charge is 0.344 e. The van der Waals surface area contributed by atoms with Crippen molar-refractivity contribution in [2.24, 2.45) is 5.41 Å². The van der Waals surface area contributed by atoms with Gasteiger partial charge in [-0.15, -0.1) is 0 Å². The Hall–Kier alpha value is -3.48. The van der Waals surface area contributed by atoms with Gasteiger partial charge in [0.15, 0.2) is 29.6 Å². The van der Waals surface area contributed by atoms with Crippen molar-refractivity contribution in [1.82, 2.24) is 0 Å². The van der Waals surface area contributed by atoms with E-state index in [1.165, 1.54) is 37.3 Å². The van der Waals surface area contributed by atoms with E-state index in [2.05, 4.69) is 0 Å². The molecule has 0 fully saturated rings. The molecule has 0 spiro atoms. The molecule has 0 radical (unpaired) electrons. The minimum Gasteiger partial charge on any atom is -0.483 e. The van der Waals surface area contributed by atoms with Crippen LogP contribution in [0.5, 0.6) is 11.5 Å². The Morgan fingerprint density at radius 1 is 0.818 bits per heavy atom. The minimum absolute atomic E-state index is 0.0129. The topological polar surface area (TPSA) is 107 Å². The number of hydrogen-bond donors (Lipinski definition) is 1. The number of hydrogen-bond acceptors (Lipinski definition) is 6. The fraction of sp³-hybridized carbons (Fsp3) is 0.385. The van der Waals surface area contributed by atoms with E-state index in [4.69, 9.17) is 14.6 Å². The summed E-state index contributed by atoms with van der Waals surface area (Å²) in [7, 11) is 0. The van der Waals surface area contributed by atoms with Gasteiger partial charge in [0, 0.05) is 27.7 Å². The van der Waals surface area contributed by atoms with Crippen LogP contribution >= 0.6 is 0 Å². The van der Waals surface area contributed by atoms with Crippen LogP contribution in [-0.2, 0) is 9.59 Å². The summed E-state index contributed by atoms with van der Waals surface area (Å²) in [4.78, 5) is 50.1. The molecule has 2 aromatic carbocycles. The number of aliphatic carboxylic acids is 1. The molecule has 1 aliphatic carbocycles. The molecule has 0 aromatic heterocycles. The summed E-state index contributed by atoms with van der Waals surface area (Å²) in [6, 6.07) is 8.88. The molecule has 1 N–H and O–H groups in total. The molecule has 0 bridgehead atoms. The lowest BCUT2D eigenvalue weighted by atomic mass is 9.78. The summed E-state index contributed by atoms with van der Waals surface area (Å²) in [5, 5.41) is 9.02. The Bertz CT molecular complexity index is 1130. The van der Waals surface area contributed by atoms with Crippen molar-refractivity contribution in [3.63, 3.8) is 0 Å². The van der Waals surface area contributed by atoms with Crippen LogP contribution in [0.3, 0.4) is 0 Å². The third-order valence-corrected chi connectivity index (χ3v) is 6.46. The SMILES string of the molecule is CCC(C)(CC)C(=O)C(C)Oc1ccc2c(c1)C(=O)c1ccc(OC(C)C(=O)O)cc1C2=O. The second-order valence-corrected chi connectivity index (χ2v) is 8.56. The third kappa shape index (κ3) is 4.53. The number of ketones is 3. The van der Waals surface area contributed by atoms with Crippen LogP contribution in [0.1, 0.15) is 79.3 Å². The lowest BCUT2D eigenvalue weighted by Crippen LogP contribution is -2.37. The van der Waals surface area contributed by atoms with Crippen LogP contribution in [0.25, 0.3) is 0 Å². The zero-order valence-corrected chi connectivity index (χ0v) is 19.4. The minimum atomic E-state index is -1.14. The number of fused-ring (bicyclic) bond motifs is 2. The number of ether oxygens (including phenoxy) is 2. The third-order valence-electron chi connectivity index (χ3n) is 6.46. The average molecular weight is 453 g/mol. The normalized spacial score (nSPS) is 14.7. The lowest BCUT2D eigenvalue weighted by molar-refractivity contribution is -0.144. The van der Waals surface area contributed by atoms with E-state index in [1.54, 1.807) is 13.0 Å². The number of rotatable bonds is 9. The van der Waals surface area contributed by atoms with E-state index < -0.39 is 23.6 Å². The van der Waals surface area contributed by atoms with Gasteiger partial charge < -0.3 is 14.6 Å². The molecule has 2 atom stereocenters. The molecule has 0 saturated heterocycles. The van der Waals surface area contributed by atoms with Gasteiger partial charge >= 0.3 is 5.97 Å². The molecular formula is C26H28O7. The van der Waals surface area contributed by atoms with Gasteiger partial charge in [0.05, 0.1) is 0 Å². The van der Waals surface area contributed by atoms with Crippen LogP contribution in [0.4, 0.5) is 0 Å². The highest BCUT2D eigenvalue weighted by Gasteiger charge is 2.35. The number of benzene rings is 2. The maximum Gasteiger partial charge on any atom is 0.344 e. The van der Waals surface area contributed by atoms with E-state index in [9.17, 15) is 19.2 Å². The molecule has 174 valence electrons. The van der Waals surface area contributed by atoms with Gasteiger partial charge in [-0.2, -0.15) is 0 Å². The predicted molar refractivity (Wildman–Crippen MR) is 121 cm³/mol. The first-order valence-corrected chi connectivity index (χ1v) is 11.0. The highest BCUT2D eigenvalue weighted by atomic mass is 16.5. The van der Waals surface area contributed by atoms with Crippen LogP contribution < -0.4 is 9.47 Å². The Morgan fingerprint density at radius 3 is 1.64 bits per heavy atom. The molecule has 0 amide bonds. The summed E-state index contributed by atoms with van der Waals surface area (Å²) >= 11 is 0. The monoisotopic (exact) mass is 452 g/mol. The summed E-state index contributed by atoms with van der Waals surface area (Å²) in [6.45, 7) is 8.91. The van der Waals surface area contributed by atoms with E-state index >= 15 is 0 Å². The highest BCUT2D eigenvalue weighted by Crippen LogP contribution is 2.33. The van der Waals surface area contributed by atoms with E-state index in [1.807, 2.05) is 20.8 Å². The Labute approximate surface area is 192 Å². The van der Waals surface area contributed by atoms with Gasteiger partial charge in [-0.25, -0.2) is 4.79 Å². The standard InChI is InChI=1S/C26H28O7/c1-6-26(5,7-2)24(29)14(3)32-16-8-10-18-20(12-16)22(27)19-11-9-17(13-21(19)23(18)28)33-15(4)25(30)31/h8-15H,6-7H2,1-5H3,(H,30,31). The van der Waals surface area contributed by atoms with Crippen LogP contribution in [0.2, 0.25) is 0 Å². The number of carbonyl (C=O) groups excluding carboxylic acids is 3. The predicted octanol–water partition coefficient (Wildman–Crippen LogP) is 4.48. The second kappa shape index (κ2) is 9.17. The Kier molecular flexibility index (Phi) is 6.72. The fourth-order valence-electron chi connectivity index (χ4n) is 3.86. The van der Waals surface area contributed by atoms with Crippen molar-refractivity contribution >= 4 is 23.3 Å². The van der Waals surface area contributed by atoms with Crippen molar-refractivity contribution in [3.05, 3.63) is 58.7 Å². The molecule has 0 saturated carbocycles. The Balaban J connectivity index is 1.88. The lowest BCUT2D eigenvalue weighted by Gasteiger charge is -2.28. The van der Waals surface area contributed by atoms with Gasteiger partial charge in [0.1, 0.15) is 11.5 Å². The zero-order valence-electron chi connectivity index (χ0n) is 19.4. The quantitative estimate of drug-likeness (QED) is 0.510. The first-order valence-electron chi connectivity index (χ1n) is 11.0. The van der Waals surface area contributed by atoms with Crippen LogP contribution in [0, 0.1) is 5.41 Å². The van der Waals surface area contributed by atoms with Crippen LogP contribution in [-0.4, -0.2) is 40.6 Å². The van der Waals surface area contributed by atoms with Crippen molar-refractivity contribution < 1.29 is 33.8 Å². The van der Waals surface area contributed by atoms with E-state index in [0.29, 0.717) is 18.6 Å². The van der Waals surface area contributed by atoms with Crippen molar-refractivity contribution in [2.45, 2.75) is 59.7 Å². The Morgan fingerprint density at radius 2 is 1.24 bits per heavy atom. The van der Waals surface area contributed by atoms with Crippen molar-refractivity contribution in [3.8, 4) is 11.5 Å². The van der Waals surface area contributed by atoms with Gasteiger partial charge in [0.25, 0.3) is 0 Å². The maximum atomic E-state index is 13.1. The van der Waals surface area contributed by atoms with Gasteiger partial charge in [-0.05, 0) is 63.1 Å². The first kappa shape index (κ1) is 24.2. The molecule has 7 heteroatoms. The number of carboxylic acid groups (broad SMARTS) is 1. The zero-order chi connectivity index (χ0) is 24.5. The first-order chi connectivity index (χ1) is 15.5. The van der Waals surface area contributed by atoms with Gasteiger partial charge in [0.2, 0.25) is 0 Å².